The fraction of sp³-hybridized carbons (Fsp3) is 0.273. The fourth-order valence-corrected chi connectivity index (χ4v) is 4.01. The van der Waals surface area contributed by atoms with Gasteiger partial charge >= 0.3 is 0 Å². The second kappa shape index (κ2) is 10.1. The van der Waals surface area contributed by atoms with Gasteiger partial charge in [-0.15, -0.1) is 10.2 Å². The molecule has 0 aliphatic carbocycles. The summed E-state index contributed by atoms with van der Waals surface area (Å²) in [6, 6.07) is 12.8. The van der Waals surface area contributed by atoms with Gasteiger partial charge in [-0.3, -0.25) is 9.59 Å². The molecule has 7 nitrogen and oxygen atoms in total. The second-order valence-corrected chi connectivity index (χ2v) is 9.01. The lowest BCUT2D eigenvalue weighted by Crippen LogP contribution is -2.29. The lowest BCUT2D eigenvalue weighted by Gasteiger charge is -2.14. The highest BCUT2D eigenvalue weighted by atomic mass is 79.9. The van der Waals surface area contributed by atoms with Gasteiger partial charge in [0.2, 0.25) is 5.91 Å². The van der Waals surface area contributed by atoms with Crippen molar-refractivity contribution in [2.45, 2.75) is 32.0 Å². The van der Waals surface area contributed by atoms with Gasteiger partial charge in [-0.1, -0.05) is 45.9 Å². The molecule has 0 saturated carbocycles. The number of thioether (sulfide) groups is 1. The smallest absolute Gasteiger partial charge is 0.252 e. The van der Waals surface area contributed by atoms with Gasteiger partial charge in [0.1, 0.15) is 0 Å². The highest BCUT2D eigenvalue weighted by molar-refractivity contribution is 9.10. The minimum atomic E-state index is -0.335. The Labute approximate surface area is 194 Å². The van der Waals surface area contributed by atoms with Crippen LogP contribution in [0.2, 0.25) is 0 Å². The summed E-state index contributed by atoms with van der Waals surface area (Å²) in [4.78, 5) is 24.9. The molecule has 0 saturated heterocycles. The molecule has 0 unspecified atom stereocenters. The van der Waals surface area contributed by atoms with E-state index in [0.717, 1.165) is 21.3 Å². The first-order chi connectivity index (χ1) is 14.8. The molecule has 2 aromatic carbocycles. The zero-order chi connectivity index (χ0) is 22.5. The predicted molar refractivity (Wildman–Crippen MR) is 126 cm³/mol. The molecule has 9 heteroatoms. The summed E-state index contributed by atoms with van der Waals surface area (Å²) in [6.45, 7) is 5.73. The number of aryl methyl sites for hydroxylation is 2. The third kappa shape index (κ3) is 5.74. The average molecular weight is 502 g/mol. The third-order valence-corrected chi connectivity index (χ3v) is 6.68. The quantitative estimate of drug-likeness (QED) is 0.467. The molecule has 162 valence electrons. The van der Waals surface area contributed by atoms with Crippen molar-refractivity contribution in [1.82, 2.24) is 20.1 Å². The summed E-state index contributed by atoms with van der Waals surface area (Å²) in [5.74, 6) is 0.530. The summed E-state index contributed by atoms with van der Waals surface area (Å²) in [5.41, 5.74) is 3.34. The van der Waals surface area contributed by atoms with Gasteiger partial charge in [0, 0.05) is 22.8 Å². The Morgan fingerprint density at radius 3 is 2.58 bits per heavy atom. The number of aromatic nitrogens is 3. The van der Waals surface area contributed by atoms with E-state index >= 15 is 0 Å². The van der Waals surface area contributed by atoms with Crippen LogP contribution in [0.5, 0.6) is 0 Å². The first-order valence-corrected chi connectivity index (χ1v) is 11.5. The number of hydrogen-bond acceptors (Lipinski definition) is 5. The number of amides is 2. The largest absolute Gasteiger partial charge is 0.342 e. The maximum atomic E-state index is 12.6. The summed E-state index contributed by atoms with van der Waals surface area (Å²) in [7, 11) is 1.82. The topological polar surface area (TPSA) is 88.9 Å². The van der Waals surface area contributed by atoms with Crippen molar-refractivity contribution in [3.8, 4) is 0 Å². The first kappa shape index (κ1) is 23.0. The zero-order valence-corrected chi connectivity index (χ0v) is 20.2. The Balaban J connectivity index is 1.59. The maximum absolute atomic E-state index is 12.6. The zero-order valence-electron chi connectivity index (χ0n) is 17.8. The molecule has 3 aromatic rings. The van der Waals surface area contributed by atoms with Crippen molar-refractivity contribution in [3.05, 3.63) is 69.5 Å². The number of nitrogens with zero attached hydrogens (tertiary/aromatic N) is 3. The van der Waals surface area contributed by atoms with Crippen LogP contribution < -0.4 is 10.6 Å². The third-order valence-electron chi connectivity index (χ3n) is 4.77. The fourth-order valence-electron chi connectivity index (χ4n) is 3.05. The highest BCUT2D eigenvalue weighted by Crippen LogP contribution is 2.22. The lowest BCUT2D eigenvalue weighted by molar-refractivity contribution is -0.113. The van der Waals surface area contributed by atoms with Crippen molar-refractivity contribution in [2.24, 2.45) is 7.05 Å². The summed E-state index contributed by atoms with van der Waals surface area (Å²) < 4.78 is 2.79. The van der Waals surface area contributed by atoms with E-state index in [1.807, 2.05) is 64.2 Å². The monoisotopic (exact) mass is 501 g/mol. The summed E-state index contributed by atoms with van der Waals surface area (Å²) in [6.07, 6.45) is 0. The molecule has 0 radical (unpaired) electrons. The minimum Gasteiger partial charge on any atom is -0.342 e. The van der Waals surface area contributed by atoms with Crippen LogP contribution in [-0.4, -0.2) is 32.3 Å². The summed E-state index contributed by atoms with van der Waals surface area (Å²) >= 11 is 4.74. The molecule has 31 heavy (non-hydrogen) atoms. The first-order valence-electron chi connectivity index (χ1n) is 9.71. The van der Waals surface area contributed by atoms with E-state index in [4.69, 9.17) is 0 Å². The Hall–Kier alpha value is -2.65. The van der Waals surface area contributed by atoms with E-state index in [1.54, 1.807) is 10.6 Å². The molecule has 0 spiro atoms. The number of benzene rings is 2. The number of halogens is 1. The molecular formula is C22H24BrN5O2S. The van der Waals surface area contributed by atoms with Crippen LogP contribution in [0.1, 0.15) is 40.3 Å². The Morgan fingerprint density at radius 1 is 1.13 bits per heavy atom. The maximum Gasteiger partial charge on any atom is 0.252 e. The van der Waals surface area contributed by atoms with E-state index in [1.165, 1.54) is 11.8 Å². The normalized spacial score (nSPS) is 11.8. The molecule has 0 aliphatic rings. The Bertz CT molecular complexity index is 1120. The van der Waals surface area contributed by atoms with Crippen molar-refractivity contribution < 1.29 is 9.59 Å². The van der Waals surface area contributed by atoms with Gasteiger partial charge in [0.25, 0.3) is 5.91 Å². The summed E-state index contributed by atoms with van der Waals surface area (Å²) in [5, 5.41) is 14.8. The van der Waals surface area contributed by atoms with Gasteiger partial charge in [-0.2, -0.15) is 0 Å². The SMILES string of the molecule is Cc1cc(NC(=O)CSc2nnc([C@H](C)NC(=O)c3ccccc3C)n2C)ccc1Br. The highest BCUT2D eigenvalue weighted by Gasteiger charge is 2.19. The minimum absolute atomic E-state index is 0.128. The average Bonchev–Trinajstić information content (AvgIpc) is 3.10. The Morgan fingerprint density at radius 2 is 1.87 bits per heavy atom. The number of nitrogens with one attached hydrogen (secondary N) is 2. The molecule has 3 rings (SSSR count). The van der Waals surface area contributed by atoms with Gasteiger partial charge in [-0.25, -0.2) is 0 Å². The molecule has 2 N–H and O–H groups in total. The van der Waals surface area contributed by atoms with Crippen LogP contribution in [0.4, 0.5) is 5.69 Å². The molecule has 0 fully saturated rings. The number of rotatable bonds is 7. The lowest BCUT2D eigenvalue weighted by atomic mass is 10.1. The Kier molecular flexibility index (Phi) is 7.50. The number of anilines is 1. The van der Waals surface area contributed by atoms with Crippen LogP contribution in [0.25, 0.3) is 0 Å². The van der Waals surface area contributed by atoms with E-state index < -0.39 is 0 Å². The van der Waals surface area contributed by atoms with Gasteiger partial charge in [0.15, 0.2) is 11.0 Å². The number of carbonyl (C=O) groups is 2. The van der Waals surface area contributed by atoms with Crippen molar-refractivity contribution in [3.63, 3.8) is 0 Å². The molecular weight excluding hydrogens is 478 g/mol. The number of carbonyl (C=O) groups excluding carboxylic acids is 2. The van der Waals surface area contributed by atoms with Crippen LogP contribution in [0.15, 0.2) is 52.1 Å². The molecule has 1 atom stereocenters. The molecule has 0 bridgehead atoms. The van der Waals surface area contributed by atoms with Crippen molar-refractivity contribution in [2.75, 3.05) is 11.1 Å². The predicted octanol–water partition coefficient (Wildman–Crippen LogP) is 4.42. The van der Waals surface area contributed by atoms with E-state index in [0.29, 0.717) is 16.5 Å². The van der Waals surface area contributed by atoms with Gasteiger partial charge < -0.3 is 15.2 Å². The number of hydrogen-bond donors (Lipinski definition) is 2. The second-order valence-electron chi connectivity index (χ2n) is 7.21. The molecule has 0 aliphatic heterocycles. The van der Waals surface area contributed by atoms with Crippen LogP contribution in [0, 0.1) is 13.8 Å². The van der Waals surface area contributed by atoms with E-state index in [9.17, 15) is 9.59 Å². The van der Waals surface area contributed by atoms with E-state index in [-0.39, 0.29) is 23.6 Å². The molecule has 1 heterocycles. The van der Waals surface area contributed by atoms with Crippen LogP contribution >= 0.6 is 27.7 Å². The van der Waals surface area contributed by atoms with Gasteiger partial charge in [-0.05, 0) is 56.2 Å². The molecule has 1 aromatic heterocycles. The van der Waals surface area contributed by atoms with E-state index in [2.05, 4.69) is 36.8 Å². The molecule has 2 amide bonds. The van der Waals surface area contributed by atoms with Crippen molar-refractivity contribution >= 4 is 45.2 Å². The van der Waals surface area contributed by atoms with Crippen LogP contribution in [-0.2, 0) is 11.8 Å². The van der Waals surface area contributed by atoms with Crippen molar-refractivity contribution in [1.29, 1.82) is 0 Å². The van der Waals surface area contributed by atoms with Gasteiger partial charge in [0.05, 0.1) is 11.8 Å². The van der Waals surface area contributed by atoms with Crippen LogP contribution in [0.3, 0.4) is 0 Å². The standard InChI is InChI=1S/C22H24BrN5O2S/c1-13-7-5-6-8-17(13)21(30)24-15(3)20-26-27-22(28(20)4)31-12-19(29)25-16-9-10-18(23)14(2)11-16/h5-11,15H,12H2,1-4H3,(H,24,30)(H,25,29)/t15-/m0/s1.